The van der Waals surface area contributed by atoms with E-state index in [9.17, 15) is 14.0 Å². The zero-order valence-corrected chi connectivity index (χ0v) is 13.2. The van der Waals surface area contributed by atoms with Gasteiger partial charge in [-0.15, -0.1) is 0 Å². The molecule has 0 aliphatic heterocycles. The van der Waals surface area contributed by atoms with Crippen molar-refractivity contribution in [3.8, 4) is 0 Å². The number of carbonyl (C=O) groups is 2. The molecular formula is C19H19FN2O2. The summed E-state index contributed by atoms with van der Waals surface area (Å²) in [6.07, 6.45) is 1.97. The van der Waals surface area contributed by atoms with Gasteiger partial charge in [-0.25, -0.2) is 4.39 Å². The van der Waals surface area contributed by atoms with Crippen molar-refractivity contribution in [2.45, 2.75) is 25.9 Å². The number of amides is 2. The van der Waals surface area contributed by atoms with Crippen molar-refractivity contribution in [1.82, 2.24) is 10.6 Å². The van der Waals surface area contributed by atoms with Gasteiger partial charge in [0.1, 0.15) is 5.82 Å². The third-order valence-electron chi connectivity index (χ3n) is 4.00. The summed E-state index contributed by atoms with van der Waals surface area (Å²) >= 11 is 0. The number of halogens is 1. The van der Waals surface area contributed by atoms with E-state index < -0.39 is 0 Å². The molecule has 0 atom stereocenters. The highest BCUT2D eigenvalue weighted by Gasteiger charge is 2.29. The minimum Gasteiger partial charge on any atom is -0.352 e. The SMILES string of the molecule is O=C(NCc1ccc(F)cc1)c1ccc(CNC(=O)C2CC2)cc1. The first-order chi connectivity index (χ1) is 11.6. The van der Waals surface area contributed by atoms with Gasteiger partial charge in [-0.3, -0.25) is 9.59 Å². The number of carbonyl (C=O) groups excluding carboxylic acids is 2. The van der Waals surface area contributed by atoms with Gasteiger partial charge in [0, 0.05) is 24.6 Å². The predicted molar refractivity (Wildman–Crippen MR) is 88.6 cm³/mol. The molecule has 2 aromatic carbocycles. The minimum atomic E-state index is -0.297. The van der Waals surface area contributed by atoms with Crippen LogP contribution in [0.25, 0.3) is 0 Å². The molecule has 24 heavy (non-hydrogen) atoms. The van der Waals surface area contributed by atoms with Crippen LogP contribution in [-0.4, -0.2) is 11.8 Å². The molecule has 1 fully saturated rings. The summed E-state index contributed by atoms with van der Waals surface area (Å²) in [7, 11) is 0. The van der Waals surface area contributed by atoms with Gasteiger partial charge >= 0.3 is 0 Å². The molecule has 1 saturated carbocycles. The third kappa shape index (κ3) is 4.41. The smallest absolute Gasteiger partial charge is 0.251 e. The Hall–Kier alpha value is -2.69. The number of hydrogen-bond donors (Lipinski definition) is 2. The lowest BCUT2D eigenvalue weighted by Crippen LogP contribution is -2.24. The van der Waals surface area contributed by atoms with Gasteiger partial charge in [0.05, 0.1) is 0 Å². The normalized spacial score (nSPS) is 13.4. The van der Waals surface area contributed by atoms with E-state index >= 15 is 0 Å². The van der Waals surface area contributed by atoms with Gasteiger partial charge in [-0.1, -0.05) is 24.3 Å². The van der Waals surface area contributed by atoms with E-state index in [-0.39, 0.29) is 23.5 Å². The summed E-state index contributed by atoms with van der Waals surface area (Å²) in [5, 5.41) is 5.69. The highest BCUT2D eigenvalue weighted by atomic mass is 19.1. The lowest BCUT2D eigenvalue weighted by atomic mass is 10.1. The zero-order valence-electron chi connectivity index (χ0n) is 13.2. The molecule has 0 aromatic heterocycles. The molecule has 0 heterocycles. The number of rotatable bonds is 6. The van der Waals surface area contributed by atoms with Gasteiger partial charge in [0.15, 0.2) is 0 Å². The van der Waals surface area contributed by atoms with Crippen molar-refractivity contribution < 1.29 is 14.0 Å². The van der Waals surface area contributed by atoms with Crippen LogP contribution in [0.1, 0.15) is 34.3 Å². The average molecular weight is 326 g/mol. The molecule has 1 aliphatic carbocycles. The van der Waals surface area contributed by atoms with Crippen molar-refractivity contribution >= 4 is 11.8 Å². The Morgan fingerprint density at radius 2 is 1.42 bits per heavy atom. The van der Waals surface area contributed by atoms with Gasteiger partial charge in [-0.2, -0.15) is 0 Å². The van der Waals surface area contributed by atoms with Crippen LogP contribution >= 0.6 is 0 Å². The first kappa shape index (κ1) is 16.2. The quantitative estimate of drug-likeness (QED) is 0.857. The Balaban J connectivity index is 1.49. The molecule has 3 rings (SSSR count). The number of benzene rings is 2. The molecule has 0 spiro atoms. The van der Waals surface area contributed by atoms with Gasteiger partial charge in [-0.05, 0) is 48.2 Å². The summed E-state index contributed by atoms with van der Waals surface area (Å²) in [5.74, 6) is -0.181. The average Bonchev–Trinajstić information content (AvgIpc) is 3.44. The monoisotopic (exact) mass is 326 g/mol. The van der Waals surface area contributed by atoms with Crippen molar-refractivity contribution in [3.05, 3.63) is 71.0 Å². The fourth-order valence-corrected chi connectivity index (χ4v) is 2.34. The van der Waals surface area contributed by atoms with Gasteiger partial charge < -0.3 is 10.6 Å². The van der Waals surface area contributed by atoms with Crippen LogP contribution in [0.2, 0.25) is 0 Å². The van der Waals surface area contributed by atoms with Crippen LogP contribution in [-0.2, 0) is 17.9 Å². The van der Waals surface area contributed by atoms with E-state index in [1.54, 1.807) is 24.3 Å². The largest absolute Gasteiger partial charge is 0.352 e. The van der Waals surface area contributed by atoms with Crippen molar-refractivity contribution in [2.75, 3.05) is 0 Å². The van der Waals surface area contributed by atoms with E-state index in [4.69, 9.17) is 0 Å². The molecule has 0 saturated heterocycles. The molecule has 0 radical (unpaired) electrons. The molecule has 5 heteroatoms. The fourth-order valence-electron chi connectivity index (χ4n) is 2.34. The lowest BCUT2D eigenvalue weighted by molar-refractivity contribution is -0.122. The van der Waals surface area contributed by atoms with Crippen LogP contribution < -0.4 is 10.6 Å². The van der Waals surface area contributed by atoms with Crippen molar-refractivity contribution in [1.29, 1.82) is 0 Å². The molecule has 2 amide bonds. The standard InChI is InChI=1S/C19H19FN2O2/c20-17-9-3-14(4-10-17)12-22-18(23)15-5-1-13(2-6-15)11-21-19(24)16-7-8-16/h1-6,9-10,16H,7-8,11-12H2,(H,21,24)(H,22,23). The highest BCUT2D eigenvalue weighted by molar-refractivity contribution is 5.94. The Morgan fingerprint density at radius 3 is 2.00 bits per heavy atom. The first-order valence-corrected chi connectivity index (χ1v) is 8.01. The topological polar surface area (TPSA) is 58.2 Å². The Bertz CT molecular complexity index is 722. The van der Waals surface area contributed by atoms with Gasteiger partial charge in [0.25, 0.3) is 5.91 Å². The number of hydrogen-bond acceptors (Lipinski definition) is 2. The van der Waals surface area contributed by atoms with Crippen LogP contribution in [0.4, 0.5) is 4.39 Å². The second-order valence-corrected chi connectivity index (χ2v) is 6.00. The number of nitrogens with one attached hydrogen (secondary N) is 2. The molecule has 1 aliphatic rings. The van der Waals surface area contributed by atoms with Crippen LogP contribution in [0.3, 0.4) is 0 Å². The minimum absolute atomic E-state index is 0.108. The van der Waals surface area contributed by atoms with E-state index in [0.717, 1.165) is 24.0 Å². The maximum Gasteiger partial charge on any atom is 0.251 e. The highest BCUT2D eigenvalue weighted by Crippen LogP contribution is 2.28. The third-order valence-corrected chi connectivity index (χ3v) is 4.00. The first-order valence-electron chi connectivity index (χ1n) is 8.01. The van der Waals surface area contributed by atoms with Crippen LogP contribution in [0, 0.1) is 11.7 Å². The molecule has 0 bridgehead atoms. The Morgan fingerprint density at radius 1 is 0.875 bits per heavy atom. The van der Waals surface area contributed by atoms with E-state index in [1.165, 1.54) is 12.1 Å². The summed E-state index contributed by atoms with van der Waals surface area (Å²) < 4.78 is 12.8. The maximum atomic E-state index is 12.8. The maximum absolute atomic E-state index is 12.8. The molecule has 2 aromatic rings. The van der Waals surface area contributed by atoms with Crippen molar-refractivity contribution in [2.24, 2.45) is 5.92 Å². The summed E-state index contributed by atoms with van der Waals surface area (Å²) in [4.78, 5) is 23.7. The second-order valence-electron chi connectivity index (χ2n) is 6.00. The molecular weight excluding hydrogens is 307 g/mol. The van der Waals surface area contributed by atoms with Crippen LogP contribution in [0.15, 0.2) is 48.5 Å². The van der Waals surface area contributed by atoms with E-state index in [1.807, 2.05) is 12.1 Å². The van der Waals surface area contributed by atoms with Crippen LogP contribution in [0.5, 0.6) is 0 Å². The zero-order chi connectivity index (χ0) is 16.9. The van der Waals surface area contributed by atoms with Crippen molar-refractivity contribution in [3.63, 3.8) is 0 Å². The second kappa shape index (κ2) is 7.25. The Kier molecular flexibility index (Phi) is 4.89. The Labute approximate surface area is 140 Å². The summed E-state index contributed by atoms with van der Waals surface area (Å²) in [6.45, 7) is 0.825. The predicted octanol–water partition coefficient (Wildman–Crippen LogP) is 2.78. The molecule has 124 valence electrons. The van der Waals surface area contributed by atoms with E-state index in [0.29, 0.717) is 18.7 Å². The molecule has 4 nitrogen and oxygen atoms in total. The lowest BCUT2D eigenvalue weighted by Gasteiger charge is -2.07. The fraction of sp³-hybridized carbons (Fsp3) is 0.263. The summed E-state index contributed by atoms with van der Waals surface area (Å²) in [5.41, 5.74) is 2.35. The molecule has 2 N–H and O–H groups in total. The summed E-state index contributed by atoms with van der Waals surface area (Å²) in [6, 6.07) is 13.2. The van der Waals surface area contributed by atoms with E-state index in [2.05, 4.69) is 10.6 Å². The molecule has 0 unspecified atom stereocenters. The van der Waals surface area contributed by atoms with Gasteiger partial charge in [0.2, 0.25) is 5.91 Å².